The summed E-state index contributed by atoms with van der Waals surface area (Å²) in [6.07, 6.45) is -0.270. The molecule has 2 heterocycles. The third-order valence-corrected chi connectivity index (χ3v) is 6.16. The van der Waals surface area contributed by atoms with Crippen LogP contribution in [-0.2, 0) is 17.8 Å². The van der Waals surface area contributed by atoms with E-state index in [4.69, 9.17) is 16.3 Å². The number of halogens is 1. The quantitative estimate of drug-likeness (QED) is 0.266. The summed E-state index contributed by atoms with van der Waals surface area (Å²) in [7, 11) is 0. The zero-order valence-electron chi connectivity index (χ0n) is 20.7. The van der Waals surface area contributed by atoms with Crippen LogP contribution in [0.4, 0.5) is 16.2 Å². The van der Waals surface area contributed by atoms with Crippen LogP contribution in [0, 0.1) is 10.1 Å². The summed E-state index contributed by atoms with van der Waals surface area (Å²) in [6, 6.07) is 15.3. The topological polar surface area (TPSA) is 101 Å². The molecule has 1 aliphatic heterocycles. The van der Waals surface area contributed by atoms with Crippen LogP contribution in [-0.4, -0.2) is 57.6 Å². The van der Waals surface area contributed by atoms with Gasteiger partial charge >= 0.3 is 11.8 Å². The van der Waals surface area contributed by atoms with Crippen molar-refractivity contribution in [1.29, 1.82) is 0 Å². The Kier molecular flexibility index (Phi) is 7.61. The second kappa shape index (κ2) is 10.7. The van der Waals surface area contributed by atoms with E-state index >= 15 is 0 Å². The minimum atomic E-state index is -0.503. The van der Waals surface area contributed by atoms with Gasteiger partial charge in [-0.15, -0.1) is 0 Å². The average Bonchev–Trinajstić information content (AvgIpc) is 2.81. The molecule has 0 saturated carbocycles. The molecule has 1 saturated heterocycles. The highest BCUT2D eigenvalue weighted by molar-refractivity contribution is 6.33. The van der Waals surface area contributed by atoms with E-state index in [0.29, 0.717) is 36.2 Å². The van der Waals surface area contributed by atoms with Crippen molar-refractivity contribution < 1.29 is 14.5 Å². The van der Waals surface area contributed by atoms with Crippen molar-refractivity contribution in [2.45, 2.75) is 39.5 Å². The van der Waals surface area contributed by atoms with Gasteiger partial charge in [0.25, 0.3) is 0 Å². The van der Waals surface area contributed by atoms with E-state index in [1.54, 1.807) is 17.0 Å². The Morgan fingerprint density at radius 2 is 1.81 bits per heavy atom. The molecule has 36 heavy (non-hydrogen) atoms. The maximum Gasteiger partial charge on any atom is 0.410 e. The van der Waals surface area contributed by atoms with Crippen molar-refractivity contribution in [2.24, 2.45) is 0 Å². The number of anilines is 1. The van der Waals surface area contributed by atoms with E-state index in [1.807, 2.05) is 45.0 Å². The van der Waals surface area contributed by atoms with Crippen molar-refractivity contribution in [3.05, 3.63) is 74.9 Å². The van der Waals surface area contributed by atoms with Crippen LogP contribution in [0.5, 0.6) is 0 Å². The number of hydrogen-bond acceptors (Lipinski definition) is 7. The molecular weight excluding hydrogens is 482 g/mol. The van der Waals surface area contributed by atoms with Gasteiger partial charge in [-0.2, -0.15) is 0 Å². The Balaban J connectivity index is 1.41. The van der Waals surface area contributed by atoms with Gasteiger partial charge in [-0.1, -0.05) is 54.1 Å². The van der Waals surface area contributed by atoms with E-state index in [1.165, 1.54) is 0 Å². The normalized spacial score (nSPS) is 14.6. The predicted octanol–water partition coefficient (Wildman–Crippen LogP) is 5.46. The average molecular weight is 512 g/mol. The van der Waals surface area contributed by atoms with Crippen molar-refractivity contribution in [3.63, 3.8) is 0 Å². The van der Waals surface area contributed by atoms with Gasteiger partial charge in [-0.25, -0.2) is 9.78 Å². The lowest BCUT2D eigenvalue weighted by Gasteiger charge is -2.35. The van der Waals surface area contributed by atoms with Crippen molar-refractivity contribution in [2.75, 3.05) is 31.5 Å². The number of rotatable bonds is 6. The Morgan fingerprint density at radius 1 is 1.11 bits per heavy atom. The number of nitrogens with zero attached hydrogens (tertiary/aromatic N) is 4. The number of benzene rings is 2. The van der Waals surface area contributed by atoms with Crippen LogP contribution < -0.4 is 5.32 Å². The molecule has 1 N–H and O–H groups in total. The molecule has 2 aromatic carbocycles. The minimum Gasteiger partial charge on any atom is -0.444 e. The summed E-state index contributed by atoms with van der Waals surface area (Å²) in [5.41, 5.74) is 2.35. The molecule has 1 aromatic heterocycles. The molecule has 1 amide bonds. The van der Waals surface area contributed by atoms with Crippen LogP contribution in [0.3, 0.4) is 0 Å². The number of carbonyl (C=O) groups is 1. The van der Waals surface area contributed by atoms with Gasteiger partial charge in [0.1, 0.15) is 11.3 Å². The molecule has 1 fully saturated rings. The van der Waals surface area contributed by atoms with Gasteiger partial charge in [-0.05, 0) is 38.0 Å². The van der Waals surface area contributed by atoms with Crippen molar-refractivity contribution >= 4 is 40.0 Å². The number of carbonyl (C=O) groups excluding carboxylic acids is 1. The molecule has 0 atom stereocenters. The monoisotopic (exact) mass is 511 g/mol. The molecule has 4 rings (SSSR count). The van der Waals surface area contributed by atoms with Crippen molar-refractivity contribution in [1.82, 2.24) is 14.8 Å². The fraction of sp³-hybridized carbons (Fsp3) is 0.385. The number of piperazine rings is 1. The van der Waals surface area contributed by atoms with E-state index in [9.17, 15) is 14.9 Å². The van der Waals surface area contributed by atoms with Gasteiger partial charge in [0.2, 0.25) is 5.15 Å². The first kappa shape index (κ1) is 25.7. The summed E-state index contributed by atoms with van der Waals surface area (Å²) >= 11 is 6.15. The standard InChI is InChI=1S/C26H30ClN5O4/c1-26(2,3)36-25(33)31-13-11-30(12-14-31)17-19-8-6-7-18(15-19)16-28-22-20-9-4-5-10-21(20)29-24(27)23(22)32(34)35/h4-10,15H,11-14,16-17H2,1-3H3,(H,28,29). The number of hydrogen-bond donors (Lipinski definition) is 1. The van der Waals surface area contributed by atoms with E-state index in [2.05, 4.69) is 27.3 Å². The summed E-state index contributed by atoms with van der Waals surface area (Å²) in [5.74, 6) is 0. The zero-order valence-corrected chi connectivity index (χ0v) is 21.4. The summed E-state index contributed by atoms with van der Waals surface area (Å²) < 4.78 is 5.47. The molecule has 0 radical (unpaired) electrons. The number of pyridine rings is 1. The Labute approximate surface area is 215 Å². The number of nitrogens with one attached hydrogen (secondary N) is 1. The number of aromatic nitrogens is 1. The predicted molar refractivity (Wildman–Crippen MR) is 140 cm³/mol. The summed E-state index contributed by atoms with van der Waals surface area (Å²) in [5, 5.41) is 15.4. The largest absolute Gasteiger partial charge is 0.444 e. The molecule has 0 aliphatic carbocycles. The molecule has 3 aromatic rings. The number of ether oxygens (including phenoxy) is 1. The molecule has 0 unspecified atom stereocenters. The SMILES string of the molecule is CC(C)(C)OC(=O)N1CCN(Cc2cccc(CNc3c([N+](=O)[O-])c(Cl)nc4ccccc34)c2)CC1. The lowest BCUT2D eigenvalue weighted by molar-refractivity contribution is -0.384. The number of fused-ring (bicyclic) bond motifs is 1. The fourth-order valence-electron chi connectivity index (χ4n) is 4.22. The highest BCUT2D eigenvalue weighted by Gasteiger charge is 2.26. The number of nitro groups is 1. The van der Waals surface area contributed by atoms with Gasteiger partial charge < -0.3 is 15.0 Å². The minimum absolute atomic E-state index is 0.138. The van der Waals surface area contributed by atoms with Crippen LogP contribution in [0.25, 0.3) is 10.9 Å². The number of amides is 1. The zero-order chi connectivity index (χ0) is 25.9. The van der Waals surface area contributed by atoms with Crippen molar-refractivity contribution in [3.8, 4) is 0 Å². The first-order chi connectivity index (χ1) is 17.1. The maximum absolute atomic E-state index is 12.3. The lowest BCUT2D eigenvalue weighted by Crippen LogP contribution is -2.49. The van der Waals surface area contributed by atoms with Gasteiger partial charge in [0.15, 0.2) is 0 Å². The fourth-order valence-corrected chi connectivity index (χ4v) is 4.47. The smallest absolute Gasteiger partial charge is 0.410 e. The third kappa shape index (κ3) is 6.22. The summed E-state index contributed by atoms with van der Waals surface area (Å²) in [6.45, 7) is 9.51. The second-order valence-corrected chi connectivity index (χ2v) is 10.2. The Bertz CT molecular complexity index is 1270. The van der Waals surface area contributed by atoms with Gasteiger partial charge in [0, 0.05) is 44.7 Å². The molecule has 10 heteroatoms. The molecule has 190 valence electrons. The highest BCUT2D eigenvalue weighted by atomic mass is 35.5. The molecule has 9 nitrogen and oxygen atoms in total. The molecule has 0 bridgehead atoms. The van der Waals surface area contributed by atoms with E-state index in [0.717, 1.165) is 30.8 Å². The lowest BCUT2D eigenvalue weighted by atomic mass is 10.1. The maximum atomic E-state index is 12.3. The number of para-hydroxylation sites is 1. The first-order valence-corrected chi connectivity index (χ1v) is 12.2. The molecule has 0 spiro atoms. The van der Waals surface area contributed by atoms with E-state index in [-0.39, 0.29) is 16.9 Å². The van der Waals surface area contributed by atoms with Crippen LogP contribution in [0.15, 0.2) is 48.5 Å². The third-order valence-electron chi connectivity index (χ3n) is 5.90. The highest BCUT2D eigenvalue weighted by Crippen LogP contribution is 2.37. The van der Waals surface area contributed by atoms with Crippen LogP contribution in [0.2, 0.25) is 5.15 Å². The first-order valence-electron chi connectivity index (χ1n) is 11.9. The van der Waals surface area contributed by atoms with E-state index < -0.39 is 10.5 Å². The molecule has 1 aliphatic rings. The van der Waals surface area contributed by atoms with Gasteiger partial charge in [0.05, 0.1) is 10.4 Å². The van der Waals surface area contributed by atoms with Gasteiger partial charge in [-0.3, -0.25) is 15.0 Å². The Hall–Kier alpha value is -3.43. The molecular formula is C26H30ClN5O4. The van der Waals surface area contributed by atoms with Crippen LogP contribution in [0.1, 0.15) is 31.9 Å². The Morgan fingerprint density at radius 3 is 2.50 bits per heavy atom. The summed E-state index contributed by atoms with van der Waals surface area (Å²) in [4.78, 5) is 31.7. The second-order valence-electron chi connectivity index (χ2n) is 9.82. The van der Waals surface area contributed by atoms with Crippen LogP contribution >= 0.6 is 11.6 Å².